The summed E-state index contributed by atoms with van der Waals surface area (Å²) in [5.41, 5.74) is 1.52. The van der Waals surface area contributed by atoms with E-state index >= 15 is 0 Å². The molecule has 0 heterocycles. The molecule has 0 aromatic heterocycles. The zero-order chi connectivity index (χ0) is 18.4. The summed E-state index contributed by atoms with van der Waals surface area (Å²) in [6.45, 7) is 2.35. The number of rotatable bonds is 6. The molecule has 0 atom stereocenters. The van der Waals surface area contributed by atoms with Crippen molar-refractivity contribution in [2.45, 2.75) is 6.92 Å². The second-order valence-corrected chi connectivity index (χ2v) is 5.89. The van der Waals surface area contributed by atoms with Gasteiger partial charge in [-0.2, -0.15) is 0 Å². The minimum atomic E-state index is -0.297. The van der Waals surface area contributed by atoms with Gasteiger partial charge in [0.1, 0.15) is 0 Å². The minimum Gasteiger partial charge on any atom is -0.493 e. The van der Waals surface area contributed by atoms with Gasteiger partial charge in [-0.3, -0.25) is 9.59 Å². The van der Waals surface area contributed by atoms with E-state index in [1.807, 2.05) is 6.92 Å². The van der Waals surface area contributed by atoms with E-state index in [1.54, 1.807) is 43.4 Å². The molecule has 0 aliphatic heterocycles. The molecule has 0 bridgehead atoms. The van der Waals surface area contributed by atoms with Crippen molar-refractivity contribution < 1.29 is 19.1 Å². The zero-order valence-corrected chi connectivity index (χ0v) is 15.8. The van der Waals surface area contributed by atoms with Crippen LogP contribution in [0.2, 0.25) is 0 Å². The topological polar surface area (TPSA) is 76.7 Å². The van der Waals surface area contributed by atoms with Gasteiger partial charge in [0.25, 0.3) is 11.8 Å². The van der Waals surface area contributed by atoms with E-state index in [0.717, 1.165) is 0 Å². The maximum atomic E-state index is 12.5. The van der Waals surface area contributed by atoms with Crippen LogP contribution < -0.4 is 20.1 Å². The van der Waals surface area contributed by atoms with E-state index in [1.165, 1.54) is 7.11 Å². The fourth-order valence-electron chi connectivity index (χ4n) is 2.19. The Morgan fingerprint density at radius 1 is 1.08 bits per heavy atom. The van der Waals surface area contributed by atoms with Crippen molar-refractivity contribution in [3.63, 3.8) is 0 Å². The number of amides is 2. The number of nitrogens with one attached hydrogen (secondary N) is 2. The molecule has 0 saturated carbocycles. The lowest BCUT2D eigenvalue weighted by molar-refractivity contribution is 0.0962. The van der Waals surface area contributed by atoms with Crippen LogP contribution in [0.5, 0.6) is 11.5 Å². The van der Waals surface area contributed by atoms with Crippen LogP contribution in [0.3, 0.4) is 0 Å². The van der Waals surface area contributed by atoms with Gasteiger partial charge in [-0.1, -0.05) is 0 Å². The number of halogens is 1. The monoisotopic (exact) mass is 406 g/mol. The van der Waals surface area contributed by atoms with Crippen molar-refractivity contribution in [1.29, 1.82) is 0 Å². The summed E-state index contributed by atoms with van der Waals surface area (Å²) in [6, 6.07) is 9.91. The Bertz CT molecular complexity index is 775. The Morgan fingerprint density at radius 2 is 1.76 bits per heavy atom. The predicted octanol–water partition coefficient (Wildman–Crippen LogP) is 3.47. The number of carbonyl (C=O) groups excluding carboxylic acids is 2. The first-order chi connectivity index (χ1) is 12.0. The van der Waals surface area contributed by atoms with Crippen LogP contribution in [0.4, 0.5) is 5.69 Å². The molecule has 0 unspecified atom stereocenters. The van der Waals surface area contributed by atoms with Crippen LogP contribution in [0.15, 0.2) is 40.9 Å². The Labute approximate surface area is 154 Å². The van der Waals surface area contributed by atoms with Crippen LogP contribution in [-0.2, 0) is 0 Å². The molecule has 2 N–H and O–H groups in total. The smallest absolute Gasteiger partial charge is 0.255 e. The lowest BCUT2D eigenvalue weighted by Crippen LogP contribution is -2.18. The molecule has 0 aliphatic rings. The van der Waals surface area contributed by atoms with Gasteiger partial charge in [0.15, 0.2) is 11.5 Å². The lowest BCUT2D eigenvalue weighted by Gasteiger charge is -2.13. The fraction of sp³-hybridized carbons (Fsp3) is 0.222. The molecular weight excluding hydrogens is 388 g/mol. The lowest BCUT2D eigenvalue weighted by atomic mass is 10.1. The van der Waals surface area contributed by atoms with Gasteiger partial charge in [0.05, 0.1) is 18.2 Å². The Balaban J connectivity index is 2.20. The van der Waals surface area contributed by atoms with E-state index in [-0.39, 0.29) is 11.8 Å². The number of ether oxygens (including phenoxy) is 2. The molecule has 0 aliphatic carbocycles. The molecule has 0 saturated heterocycles. The number of benzene rings is 2. The molecule has 2 amide bonds. The Hall–Kier alpha value is -2.54. The molecule has 0 spiro atoms. The van der Waals surface area contributed by atoms with Gasteiger partial charge in [-0.05, 0) is 59.3 Å². The first kappa shape index (κ1) is 18.8. The molecule has 2 aromatic carbocycles. The zero-order valence-electron chi connectivity index (χ0n) is 14.2. The van der Waals surface area contributed by atoms with Gasteiger partial charge in [0, 0.05) is 23.9 Å². The van der Waals surface area contributed by atoms with Crippen molar-refractivity contribution in [2.75, 3.05) is 26.1 Å². The van der Waals surface area contributed by atoms with E-state index in [2.05, 4.69) is 26.6 Å². The van der Waals surface area contributed by atoms with Crippen molar-refractivity contribution in [3.8, 4) is 11.5 Å². The third kappa shape index (κ3) is 4.51. The first-order valence-corrected chi connectivity index (χ1v) is 8.43. The number of methoxy groups -OCH3 is 1. The summed E-state index contributed by atoms with van der Waals surface area (Å²) in [6.07, 6.45) is 0. The fourth-order valence-corrected chi connectivity index (χ4v) is 2.74. The molecule has 25 heavy (non-hydrogen) atoms. The first-order valence-electron chi connectivity index (χ1n) is 7.64. The highest BCUT2D eigenvalue weighted by Crippen LogP contribution is 2.36. The highest BCUT2D eigenvalue weighted by molar-refractivity contribution is 9.10. The van der Waals surface area contributed by atoms with Crippen molar-refractivity contribution in [1.82, 2.24) is 5.32 Å². The average Bonchev–Trinajstić information content (AvgIpc) is 2.63. The highest BCUT2D eigenvalue weighted by Gasteiger charge is 2.15. The molecule has 2 aromatic rings. The molecule has 6 nitrogen and oxygen atoms in total. The third-order valence-electron chi connectivity index (χ3n) is 3.41. The Morgan fingerprint density at radius 3 is 2.32 bits per heavy atom. The van der Waals surface area contributed by atoms with Crippen molar-refractivity contribution >= 4 is 33.4 Å². The summed E-state index contributed by atoms with van der Waals surface area (Å²) in [5, 5.41) is 5.33. The van der Waals surface area contributed by atoms with Crippen LogP contribution in [-0.4, -0.2) is 32.6 Å². The van der Waals surface area contributed by atoms with Crippen LogP contribution >= 0.6 is 15.9 Å². The summed E-state index contributed by atoms with van der Waals surface area (Å²) in [7, 11) is 3.08. The molecule has 0 radical (unpaired) electrons. The second-order valence-electron chi connectivity index (χ2n) is 5.03. The molecule has 2 rings (SSSR count). The molecule has 7 heteroatoms. The second kappa shape index (κ2) is 8.53. The van der Waals surface area contributed by atoms with Crippen molar-refractivity contribution in [2.24, 2.45) is 0 Å². The van der Waals surface area contributed by atoms with Gasteiger partial charge >= 0.3 is 0 Å². The van der Waals surface area contributed by atoms with Crippen molar-refractivity contribution in [3.05, 3.63) is 52.0 Å². The third-order valence-corrected chi connectivity index (χ3v) is 4.00. The standard InChI is InChI=1S/C18H19BrN2O4/c1-4-25-16-14(19)9-12(10-15(16)24-3)18(23)21-13-7-5-11(6-8-13)17(22)20-2/h5-10H,4H2,1-3H3,(H,20,22)(H,21,23). The largest absolute Gasteiger partial charge is 0.493 e. The predicted molar refractivity (Wildman–Crippen MR) is 99.6 cm³/mol. The van der Waals surface area contributed by atoms with Crippen LogP contribution in [0.25, 0.3) is 0 Å². The molecular formula is C18H19BrN2O4. The summed E-state index contributed by atoms with van der Waals surface area (Å²) in [5.74, 6) is 0.542. The number of hydrogen-bond acceptors (Lipinski definition) is 4. The van der Waals surface area contributed by atoms with Gasteiger partial charge < -0.3 is 20.1 Å². The number of anilines is 1. The van der Waals surface area contributed by atoms with E-state index < -0.39 is 0 Å². The summed E-state index contributed by atoms with van der Waals surface area (Å²) < 4.78 is 11.4. The number of hydrogen-bond donors (Lipinski definition) is 2. The maximum absolute atomic E-state index is 12.5. The van der Waals surface area contributed by atoms with Gasteiger partial charge in [0.2, 0.25) is 0 Å². The van der Waals surface area contributed by atoms with Crippen LogP contribution in [0.1, 0.15) is 27.6 Å². The van der Waals surface area contributed by atoms with E-state index in [9.17, 15) is 9.59 Å². The SMILES string of the molecule is CCOc1c(Br)cc(C(=O)Nc2ccc(C(=O)NC)cc2)cc1OC. The number of carbonyl (C=O) groups is 2. The summed E-state index contributed by atoms with van der Waals surface area (Å²) >= 11 is 3.40. The maximum Gasteiger partial charge on any atom is 0.255 e. The molecule has 132 valence electrons. The normalized spacial score (nSPS) is 10.1. The van der Waals surface area contributed by atoms with E-state index in [0.29, 0.717) is 39.4 Å². The highest BCUT2D eigenvalue weighted by atomic mass is 79.9. The summed E-state index contributed by atoms with van der Waals surface area (Å²) in [4.78, 5) is 24.0. The van der Waals surface area contributed by atoms with Gasteiger partial charge in [-0.15, -0.1) is 0 Å². The van der Waals surface area contributed by atoms with Gasteiger partial charge in [-0.25, -0.2) is 0 Å². The quantitative estimate of drug-likeness (QED) is 0.769. The Kier molecular flexibility index (Phi) is 6.41. The minimum absolute atomic E-state index is 0.182. The molecule has 0 fully saturated rings. The average molecular weight is 407 g/mol. The van der Waals surface area contributed by atoms with E-state index in [4.69, 9.17) is 9.47 Å². The van der Waals surface area contributed by atoms with Crippen LogP contribution in [0, 0.1) is 0 Å².